The Kier molecular flexibility index (Phi) is 6.59. The van der Waals surface area contributed by atoms with Crippen LogP contribution >= 0.6 is 15.9 Å². The van der Waals surface area contributed by atoms with E-state index in [0.29, 0.717) is 0 Å². The van der Waals surface area contributed by atoms with Crippen molar-refractivity contribution in [1.82, 2.24) is 9.29 Å². The molecule has 0 amide bonds. The SMILES string of the molecule is CC(C)C(=O)n1cc([C@H](N[S@@+]([O-])C(C)(C)C)C(F)(F)F)c2cc(F)c(Br)cc21. The fraction of sp³-hybridized carbons (Fsp3) is 0.500. The van der Waals surface area contributed by atoms with E-state index < -0.39 is 46.0 Å². The summed E-state index contributed by atoms with van der Waals surface area (Å²) < 4.78 is 70.2. The molecule has 0 aliphatic carbocycles. The second kappa shape index (κ2) is 7.97. The van der Waals surface area contributed by atoms with E-state index in [2.05, 4.69) is 20.7 Å². The molecule has 0 aliphatic rings. The highest BCUT2D eigenvalue weighted by Crippen LogP contribution is 2.40. The number of alkyl halides is 3. The van der Waals surface area contributed by atoms with Crippen LogP contribution in [0.25, 0.3) is 10.9 Å². The van der Waals surface area contributed by atoms with Crippen LogP contribution in [0.4, 0.5) is 17.6 Å². The number of benzene rings is 1. The zero-order valence-electron chi connectivity index (χ0n) is 15.9. The van der Waals surface area contributed by atoms with E-state index in [9.17, 15) is 26.9 Å². The summed E-state index contributed by atoms with van der Waals surface area (Å²) in [7, 11) is 0. The molecule has 1 heterocycles. The van der Waals surface area contributed by atoms with Crippen LogP contribution in [0.2, 0.25) is 0 Å². The van der Waals surface area contributed by atoms with Crippen LogP contribution in [0.3, 0.4) is 0 Å². The first-order valence-electron chi connectivity index (χ1n) is 8.43. The van der Waals surface area contributed by atoms with Gasteiger partial charge in [-0.1, -0.05) is 13.8 Å². The van der Waals surface area contributed by atoms with Gasteiger partial charge in [0.1, 0.15) is 10.6 Å². The van der Waals surface area contributed by atoms with Crippen molar-refractivity contribution >= 4 is 44.1 Å². The van der Waals surface area contributed by atoms with Crippen molar-refractivity contribution < 1.29 is 26.9 Å². The standard InChI is InChI=1S/C18H21BrF4N2O2S/c1-9(2)16(26)25-8-11(10-6-13(20)12(19)7-14(10)25)15(18(21,22)23)24-28(27)17(3,4)5/h6-9,15,24H,1-5H3/t15-,28-/m0/s1. The lowest BCUT2D eigenvalue weighted by atomic mass is 10.1. The molecule has 2 atom stereocenters. The van der Waals surface area contributed by atoms with Crippen molar-refractivity contribution in [3.8, 4) is 0 Å². The van der Waals surface area contributed by atoms with Gasteiger partial charge in [-0.3, -0.25) is 9.36 Å². The van der Waals surface area contributed by atoms with Crippen LogP contribution in [0, 0.1) is 11.7 Å². The highest BCUT2D eigenvalue weighted by Gasteiger charge is 2.47. The Bertz CT molecular complexity index is 890. The Balaban J connectivity index is 2.74. The highest BCUT2D eigenvalue weighted by molar-refractivity contribution is 9.10. The van der Waals surface area contributed by atoms with Crippen molar-refractivity contribution in [3.05, 3.63) is 34.2 Å². The first kappa shape index (κ1) is 23.2. The first-order valence-corrected chi connectivity index (χ1v) is 10.4. The molecule has 156 valence electrons. The second-order valence-corrected chi connectivity index (χ2v) is 10.6. The Labute approximate surface area is 172 Å². The van der Waals surface area contributed by atoms with Crippen LogP contribution < -0.4 is 4.72 Å². The molecule has 2 aromatic rings. The fourth-order valence-electron chi connectivity index (χ4n) is 2.53. The van der Waals surface area contributed by atoms with Gasteiger partial charge in [0, 0.05) is 34.4 Å². The Morgan fingerprint density at radius 1 is 1.25 bits per heavy atom. The molecular weight excluding hydrogens is 464 g/mol. The highest BCUT2D eigenvalue weighted by atomic mass is 79.9. The van der Waals surface area contributed by atoms with Crippen LogP contribution in [-0.4, -0.2) is 26.0 Å². The van der Waals surface area contributed by atoms with Crippen molar-refractivity contribution in [2.45, 2.75) is 51.6 Å². The maximum atomic E-state index is 14.1. The molecule has 4 nitrogen and oxygen atoms in total. The fourth-order valence-corrected chi connectivity index (χ4v) is 3.69. The normalized spacial score (nSPS) is 15.3. The zero-order chi connectivity index (χ0) is 21.6. The molecule has 1 aromatic carbocycles. The lowest BCUT2D eigenvalue weighted by Crippen LogP contribution is -2.45. The molecule has 10 heteroatoms. The van der Waals surface area contributed by atoms with Gasteiger partial charge in [-0.05, 0) is 48.8 Å². The maximum absolute atomic E-state index is 14.1. The van der Waals surface area contributed by atoms with Crippen molar-refractivity contribution in [2.24, 2.45) is 5.92 Å². The van der Waals surface area contributed by atoms with Gasteiger partial charge in [0.15, 0.2) is 6.04 Å². The number of carbonyl (C=O) groups excluding carboxylic acids is 1. The summed E-state index contributed by atoms with van der Waals surface area (Å²) in [5.74, 6) is -1.69. The monoisotopic (exact) mass is 484 g/mol. The van der Waals surface area contributed by atoms with Gasteiger partial charge in [-0.25, -0.2) is 4.39 Å². The number of fused-ring (bicyclic) bond motifs is 1. The molecule has 0 unspecified atom stereocenters. The van der Waals surface area contributed by atoms with Crippen LogP contribution in [0.15, 0.2) is 22.8 Å². The summed E-state index contributed by atoms with van der Waals surface area (Å²) in [6.45, 7) is 7.82. The number of rotatable bonds is 4. The van der Waals surface area contributed by atoms with E-state index in [-0.39, 0.29) is 20.9 Å². The van der Waals surface area contributed by atoms with Crippen molar-refractivity contribution in [2.75, 3.05) is 0 Å². The number of hydrogen-bond acceptors (Lipinski definition) is 3. The number of nitrogens with zero attached hydrogens (tertiary/aromatic N) is 1. The largest absolute Gasteiger partial charge is 0.598 e. The minimum absolute atomic E-state index is 0.0252. The van der Waals surface area contributed by atoms with E-state index >= 15 is 0 Å². The lowest BCUT2D eigenvalue weighted by molar-refractivity contribution is -0.152. The third kappa shape index (κ3) is 4.72. The lowest BCUT2D eigenvalue weighted by Gasteiger charge is -2.28. The number of aromatic nitrogens is 1. The second-order valence-electron chi connectivity index (χ2n) is 7.70. The van der Waals surface area contributed by atoms with Gasteiger partial charge >= 0.3 is 6.18 Å². The Morgan fingerprint density at radius 2 is 1.82 bits per heavy atom. The van der Waals surface area contributed by atoms with Crippen LogP contribution in [0.5, 0.6) is 0 Å². The summed E-state index contributed by atoms with van der Waals surface area (Å²) in [4.78, 5) is 12.5. The first-order chi connectivity index (χ1) is 12.6. The average molecular weight is 485 g/mol. The number of hydrogen-bond donors (Lipinski definition) is 1. The van der Waals surface area contributed by atoms with Crippen molar-refractivity contribution in [1.29, 1.82) is 0 Å². The van der Waals surface area contributed by atoms with Gasteiger partial charge in [0.2, 0.25) is 5.91 Å². The zero-order valence-corrected chi connectivity index (χ0v) is 18.4. The van der Waals surface area contributed by atoms with E-state index in [1.807, 2.05) is 0 Å². The van der Waals surface area contributed by atoms with Gasteiger partial charge in [0.25, 0.3) is 0 Å². The summed E-state index contributed by atoms with van der Waals surface area (Å²) >= 11 is 0.958. The Morgan fingerprint density at radius 3 is 2.29 bits per heavy atom. The summed E-state index contributed by atoms with van der Waals surface area (Å²) in [5, 5.41) is -0.0737. The van der Waals surface area contributed by atoms with E-state index in [4.69, 9.17) is 0 Å². The molecule has 0 saturated heterocycles. The number of halogens is 5. The molecular formula is C18H21BrF4N2O2S. The Hall–Kier alpha value is -1.10. The molecule has 0 aliphatic heterocycles. The summed E-state index contributed by atoms with van der Waals surface area (Å²) in [6.07, 6.45) is -3.77. The quantitative estimate of drug-likeness (QED) is 0.460. The predicted octanol–water partition coefficient (Wildman–Crippen LogP) is 5.49. The maximum Gasteiger partial charge on any atom is 0.412 e. The molecule has 0 saturated carbocycles. The van der Waals surface area contributed by atoms with Crippen LogP contribution in [-0.2, 0) is 11.4 Å². The van der Waals surface area contributed by atoms with Gasteiger partial charge in [-0.2, -0.15) is 13.2 Å². The smallest absolute Gasteiger partial charge is 0.412 e. The average Bonchev–Trinajstić information content (AvgIpc) is 2.87. The molecule has 2 rings (SSSR count). The summed E-state index contributed by atoms with van der Waals surface area (Å²) in [5.41, 5.74) is -0.222. The predicted molar refractivity (Wildman–Crippen MR) is 105 cm³/mol. The molecule has 0 spiro atoms. The van der Waals surface area contributed by atoms with Gasteiger partial charge in [-0.15, -0.1) is 4.72 Å². The van der Waals surface area contributed by atoms with E-state index in [1.165, 1.54) is 26.8 Å². The minimum atomic E-state index is -4.82. The number of carbonyl (C=O) groups is 1. The summed E-state index contributed by atoms with van der Waals surface area (Å²) in [6, 6.07) is -0.126. The molecule has 28 heavy (non-hydrogen) atoms. The topological polar surface area (TPSA) is 57.1 Å². The van der Waals surface area contributed by atoms with E-state index in [0.717, 1.165) is 16.8 Å². The molecule has 1 aromatic heterocycles. The number of nitrogens with one attached hydrogen (secondary N) is 1. The van der Waals surface area contributed by atoms with Gasteiger partial charge in [0.05, 0.1) is 9.99 Å². The van der Waals surface area contributed by atoms with E-state index in [1.54, 1.807) is 13.8 Å². The van der Waals surface area contributed by atoms with Crippen LogP contribution in [0.1, 0.15) is 51.0 Å². The third-order valence-electron chi connectivity index (χ3n) is 4.03. The minimum Gasteiger partial charge on any atom is -0.598 e. The molecule has 0 bridgehead atoms. The molecule has 0 radical (unpaired) electrons. The van der Waals surface area contributed by atoms with Gasteiger partial charge < -0.3 is 4.55 Å². The molecule has 1 N–H and O–H groups in total. The molecule has 0 fully saturated rings. The van der Waals surface area contributed by atoms with Crippen molar-refractivity contribution in [3.63, 3.8) is 0 Å². The third-order valence-corrected chi connectivity index (χ3v) is 6.20.